The first kappa shape index (κ1) is 14.3. The minimum Gasteiger partial charge on any atom is -0.508 e. The van der Waals surface area contributed by atoms with Crippen LogP contribution in [0.15, 0.2) is 78.9 Å². The number of phenols is 1. The number of carbonyl (C=O) groups excluding carboxylic acids is 1. The molecule has 0 saturated carbocycles. The van der Waals surface area contributed by atoms with E-state index in [0.717, 1.165) is 22.0 Å². The minimum atomic E-state index is -0.0645. The number of H-pyrrole nitrogens is 1. The Morgan fingerprint density at radius 1 is 0.792 bits per heavy atom. The van der Waals surface area contributed by atoms with Crippen molar-refractivity contribution in [2.75, 3.05) is 0 Å². The number of fused-ring (bicyclic) bond motifs is 1. The molecule has 0 amide bonds. The van der Waals surface area contributed by atoms with Gasteiger partial charge in [-0.05, 0) is 35.4 Å². The highest BCUT2D eigenvalue weighted by molar-refractivity contribution is 6.10. The Balaban J connectivity index is 1.66. The number of ketones is 1. The monoisotopic (exact) mass is 313 g/mol. The number of aromatic amines is 1. The van der Waals surface area contributed by atoms with Crippen LogP contribution < -0.4 is 0 Å². The molecule has 1 aromatic heterocycles. The van der Waals surface area contributed by atoms with E-state index in [1.165, 1.54) is 0 Å². The van der Waals surface area contributed by atoms with Crippen LogP contribution in [-0.2, 0) is 0 Å². The Labute approximate surface area is 139 Å². The zero-order valence-corrected chi connectivity index (χ0v) is 12.9. The molecule has 4 aromatic rings. The van der Waals surface area contributed by atoms with Crippen molar-refractivity contribution in [1.82, 2.24) is 4.98 Å². The Kier molecular flexibility index (Phi) is 3.39. The number of phenolic OH excluding ortho intramolecular Hbond substituents is 1. The van der Waals surface area contributed by atoms with E-state index in [4.69, 9.17) is 0 Å². The lowest BCUT2D eigenvalue weighted by Gasteiger charge is -2.03. The first-order chi connectivity index (χ1) is 11.7. The SMILES string of the molecule is O=C(c1ccc(-c2ccccc2)cc1)c1cc2cc(O)ccc2[nH]1. The van der Waals surface area contributed by atoms with Gasteiger partial charge in [0.15, 0.2) is 0 Å². The smallest absolute Gasteiger partial charge is 0.209 e. The normalized spacial score (nSPS) is 10.8. The third-order valence-electron chi connectivity index (χ3n) is 4.10. The lowest BCUT2D eigenvalue weighted by Crippen LogP contribution is -2.01. The van der Waals surface area contributed by atoms with E-state index in [1.807, 2.05) is 54.6 Å². The Hall–Kier alpha value is -3.33. The Bertz CT molecular complexity index is 1010. The second-order valence-corrected chi connectivity index (χ2v) is 5.73. The van der Waals surface area contributed by atoms with Gasteiger partial charge in [-0.2, -0.15) is 0 Å². The van der Waals surface area contributed by atoms with Gasteiger partial charge in [0.05, 0.1) is 5.69 Å². The number of hydrogen-bond acceptors (Lipinski definition) is 2. The van der Waals surface area contributed by atoms with Gasteiger partial charge < -0.3 is 10.1 Å². The van der Waals surface area contributed by atoms with Crippen molar-refractivity contribution in [3.63, 3.8) is 0 Å². The molecule has 0 fully saturated rings. The van der Waals surface area contributed by atoms with Crippen LogP contribution in [0.1, 0.15) is 16.1 Å². The summed E-state index contributed by atoms with van der Waals surface area (Å²) in [5.74, 6) is 0.123. The molecule has 3 heteroatoms. The van der Waals surface area contributed by atoms with E-state index in [1.54, 1.807) is 24.3 Å². The topological polar surface area (TPSA) is 53.1 Å². The fourth-order valence-corrected chi connectivity index (χ4v) is 2.84. The van der Waals surface area contributed by atoms with Crippen LogP contribution in [-0.4, -0.2) is 15.9 Å². The van der Waals surface area contributed by atoms with Gasteiger partial charge in [0.2, 0.25) is 5.78 Å². The number of rotatable bonds is 3. The van der Waals surface area contributed by atoms with Crippen LogP contribution in [0.5, 0.6) is 5.75 Å². The highest BCUT2D eigenvalue weighted by atomic mass is 16.3. The van der Waals surface area contributed by atoms with Gasteiger partial charge in [-0.25, -0.2) is 0 Å². The molecule has 0 spiro atoms. The lowest BCUT2D eigenvalue weighted by molar-refractivity contribution is 0.103. The molecular formula is C21H15NO2. The van der Waals surface area contributed by atoms with Gasteiger partial charge in [0.25, 0.3) is 0 Å². The average molecular weight is 313 g/mol. The molecule has 1 heterocycles. The highest BCUT2D eigenvalue weighted by Crippen LogP contribution is 2.23. The fraction of sp³-hybridized carbons (Fsp3) is 0. The first-order valence-corrected chi connectivity index (χ1v) is 7.73. The van der Waals surface area contributed by atoms with Crippen LogP contribution in [0.2, 0.25) is 0 Å². The summed E-state index contributed by atoms with van der Waals surface area (Å²) in [6.45, 7) is 0. The van der Waals surface area contributed by atoms with Gasteiger partial charge in [-0.3, -0.25) is 4.79 Å². The Morgan fingerprint density at radius 3 is 2.25 bits per heavy atom. The van der Waals surface area contributed by atoms with E-state index in [0.29, 0.717) is 11.3 Å². The number of hydrogen-bond donors (Lipinski definition) is 2. The van der Waals surface area contributed by atoms with Crippen LogP contribution in [0, 0.1) is 0 Å². The van der Waals surface area contributed by atoms with E-state index < -0.39 is 0 Å². The van der Waals surface area contributed by atoms with Crippen molar-refractivity contribution >= 4 is 16.7 Å². The largest absolute Gasteiger partial charge is 0.508 e. The summed E-state index contributed by atoms with van der Waals surface area (Å²) in [4.78, 5) is 15.8. The molecule has 0 unspecified atom stereocenters. The van der Waals surface area contributed by atoms with Crippen molar-refractivity contribution < 1.29 is 9.90 Å². The number of aromatic hydroxyl groups is 1. The van der Waals surface area contributed by atoms with Crippen LogP contribution >= 0.6 is 0 Å². The van der Waals surface area contributed by atoms with Gasteiger partial charge in [0.1, 0.15) is 5.75 Å². The summed E-state index contributed by atoms with van der Waals surface area (Å²) in [6, 6.07) is 24.4. The Morgan fingerprint density at radius 2 is 1.50 bits per heavy atom. The van der Waals surface area contributed by atoms with E-state index in [-0.39, 0.29) is 11.5 Å². The van der Waals surface area contributed by atoms with Gasteiger partial charge in [-0.1, -0.05) is 54.6 Å². The van der Waals surface area contributed by atoms with Crippen molar-refractivity contribution in [3.05, 3.63) is 90.1 Å². The molecule has 0 aliphatic rings. The number of carbonyl (C=O) groups is 1. The molecule has 4 rings (SSSR count). The number of benzene rings is 3. The zero-order valence-electron chi connectivity index (χ0n) is 12.9. The van der Waals surface area contributed by atoms with E-state index in [2.05, 4.69) is 4.98 Å². The van der Waals surface area contributed by atoms with Crippen LogP contribution in [0.4, 0.5) is 0 Å². The second-order valence-electron chi connectivity index (χ2n) is 5.73. The highest BCUT2D eigenvalue weighted by Gasteiger charge is 2.12. The first-order valence-electron chi connectivity index (χ1n) is 7.73. The summed E-state index contributed by atoms with van der Waals surface area (Å²) in [7, 11) is 0. The molecule has 0 radical (unpaired) electrons. The maximum Gasteiger partial charge on any atom is 0.209 e. The molecule has 0 aliphatic heterocycles. The molecule has 3 aromatic carbocycles. The van der Waals surface area contributed by atoms with Crippen molar-refractivity contribution in [3.8, 4) is 16.9 Å². The van der Waals surface area contributed by atoms with Gasteiger partial charge in [-0.15, -0.1) is 0 Å². The summed E-state index contributed by atoms with van der Waals surface area (Å²) < 4.78 is 0. The molecule has 0 atom stereocenters. The van der Waals surface area contributed by atoms with Crippen molar-refractivity contribution in [2.45, 2.75) is 0 Å². The molecule has 0 bridgehead atoms. The zero-order chi connectivity index (χ0) is 16.5. The van der Waals surface area contributed by atoms with Gasteiger partial charge in [0, 0.05) is 16.5 Å². The fourth-order valence-electron chi connectivity index (χ4n) is 2.84. The molecule has 3 nitrogen and oxygen atoms in total. The van der Waals surface area contributed by atoms with Crippen LogP contribution in [0.25, 0.3) is 22.0 Å². The van der Waals surface area contributed by atoms with E-state index >= 15 is 0 Å². The molecule has 116 valence electrons. The molecule has 24 heavy (non-hydrogen) atoms. The molecule has 0 aliphatic carbocycles. The maximum atomic E-state index is 12.7. The molecule has 0 saturated heterocycles. The predicted molar refractivity (Wildman–Crippen MR) is 95.3 cm³/mol. The summed E-state index contributed by atoms with van der Waals surface area (Å²) in [6.07, 6.45) is 0. The average Bonchev–Trinajstić information content (AvgIpc) is 3.05. The van der Waals surface area contributed by atoms with Crippen molar-refractivity contribution in [1.29, 1.82) is 0 Å². The molecule has 2 N–H and O–H groups in total. The number of nitrogens with one attached hydrogen (secondary N) is 1. The van der Waals surface area contributed by atoms with Gasteiger partial charge >= 0.3 is 0 Å². The summed E-state index contributed by atoms with van der Waals surface area (Å²) >= 11 is 0. The minimum absolute atomic E-state index is 0.0645. The van der Waals surface area contributed by atoms with Crippen LogP contribution in [0.3, 0.4) is 0 Å². The quantitative estimate of drug-likeness (QED) is 0.535. The number of aromatic nitrogens is 1. The lowest BCUT2D eigenvalue weighted by atomic mass is 10.0. The molecular weight excluding hydrogens is 298 g/mol. The van der Waals surface area contributed by atoms with E-state index in [9.17, 15) is 9.90 Å². The maximum absolute atomic E-state index is 12.7. The summed E-state index contributed by atoms with van der Waals surface area (Å²) in [5, 5.41) is 10.4. The second kappa shape index (κ2) is 5.70. The summed E-state index contributed by atoms with van der Waals surface area (Å²) in [5.41, 5.74) is 4.18. The van der Waals surface area contributed by atoms with Crippen molar-refractivity contribution in [2.24, 2.45) is 0 Å². The predicted octanol–water partition coefficient (Wildman–Crippen LogP) is 4.77. The standard InChI is InChI=1S/C21H15NO2/c23-18-10-11-19-17(12-18)13-20(22-19)21(24)16-8-6-15(7-9-16)14-4-2-1-3-5-14/h1-13,22-23H. The third kappa shape index (κ3) is 2.57. The third-order valence-corrected chi connectivity index (χ3v) is 4.10.